The maximum absolute atomic E-state index is 12.5. The second-order valence-electron chi connectivity index (χ2n) is 6.10. The second kappa shape index (κ2) is 6.17. The Morgan fingerprint density at radius 2 is 1.95 bits per heavy atom. The van der Waals surface area contributed by atoms with Crippen LogP contribution in [-0.4, -0.2) is 20.0 Å². The van der Waals surface area contributed by atoms with Crippen LogP contribution in [0.5, 0.6) is 0 Å². The van der Waals surface area contributed by atoms with Crippen molar-refractivity contribution in [3.63, 3.8) is 0 Å². The monoisotopic (exact) mass is 285 g/mol. The van der Waals surface area contributed by atoms with Gasteiger partial charge in [0.15, 0.2) is 0 Å². The third-order valence-corrected chi connectivity index (χ3v) is 4.29. The summed E-state index contributed by atoms with van der Waals surface area (Å²) >= 11 is 0. The zero-order valence-electron chi connectivity index (χ0n) is 13.1. The molecule has 0 aliphatic heterocycles. The number of benzene rings is 1. The Bertz CT molecular complexity index is 566. The summed E-state index contributed by atoms with van der Waals surface area (Å²) in [5.41, 5.74) is 2.16. The minimum absolute atomic E-state index is 0.151. The van der Waals surface area contributed by atoms with E-state index in [1.807, 2.05) is 44.1 Å². The largest absolute Gasteiger partial charge is 0.377 e. The van der Waals surface area contributed by atoms with E-state index in [0.717, 1.165) is 36.2 Å². The van der Waals surface area contributed by atoms with E-state index in [4.69, 9.17) is 0 Å². The van der Waals surface area contributed by atoms with Crippen LogP contribution in [0.4, 0.5) is 11.4 Å². The molecule has 0 unspecified atom stereocenters. The summed E-state index contributed by atoms with van der Waals surface area (Å²) in [7, 11) is 3.99. The van der Waals surface area contributed by atoms with Crippen molar-refractivity contribution < 1.29 is 4.79 Å². The van der Waals surface area contributed by atoms with Crippen molar-refractivity contribution in [2.75, 3.05) is 24.3 Å². The maximum atomic E-state index is 12.5. The predicted octanol–water partition coefficient (Wildman–Crippen LogP) is 3.47. The minimum atomic E-state index is -0.841. The van der Waals surface area contributed by atoms with Crippen molar-refractivity contribution >= 4 is 17.3 Å². The van der Waals surface area contributed by atoms with E-state index < -0.39 is 5.41 Å². The first kappa shape index (κ1) is 15.4. The summed E-state index contributed by atoms with van der Waals surface area (Å²) in [5, 5.41) is 12.4. The fourth-order valence-electron chi connectivity index (χ4n) is 3.03. The summed E-state index contributed by atoms with van der Waals surface area (Å²) in [6.45, 7) is 2.02. The zero-order chi connectivity index (χ0) is 15.5. The second-order valence-corrected chi connectivity index (χ2v) is 6.10. The highest BCUT2D eigenvalue weighted by atomic mass is 16.2. The van der Waals surface area contributed by atoms with E-state index in [9.17, 15) is 10.1 Å². The van der Waals surface area contributed by atoms with Crippen LogP contribution in [0.2, 0.25) is 0 Å². The molecule has 0 saturated heterocycles. The van der Waals surface area contributed by atoms with Crippen LogP contribution in [-0.2, 0) is 4.79 Å². The van der Waals surface area contributed by atoms with Crippen LogP contribution < -0.4 is 10.2 Å². The summed E-state index contributed by atoms with van der Waals surface area (Å²) < 4.78 is 0. The number of nitriles is 1. The van der Waals surface area contributed by atoms with Crippen molar-refractivity contribution in [2.24, 2.45) is 5.41 Å². The number of aryl methyl sites for hydroxylation is 1. The molecule has 1 aromatic rings. The van der Waals surface area contributed by atoms with E-state index in [0.29, 0.717) is 12.8 Å². The highest BCUT2D eigenvalue weighted by Gasteiger charge is 2.39. The first-order valence-electron chi connectivity index (χ1n) is 7.49. The summed E-state index contributed by atoms with van der Waals surface area (Å²) in [4.78, 5) is 14.5. The summed E-state index contributed by atoms with van der Waals surface area (Å²) in [6.07, 6.45) is 4.38. The molecule has 21 heavy (non-hydrogen) atoms. The lowest BCUT2D eigenvalue weighted by molar-refractivity contribution is -0.124. The van der Waals surface area contributed by atoms with Gasteiger partial charge in [0.25, 0.3) is 0 Å². The Kier molecular flexibility index (Phi) is 4.52. The van der Waals surface area contributed by atoms with Gasteiger partial charge in [-0.2, -0.15) is 5.26 Å². The molecule has 2 rings (SSSR count). The molecule has 1 saturated carbocycles. The number of hydrogen-bond donors (Lipinski definition) is 1. The number of rotatable bonds is 3. The first-order chi connectivity index (χ1) is 9.98. The van der Waals surface area contributed by atoms with Crippen molar-refractivity contribution in [1.82, 2.24) is 0 Å². The van der Waals surface area contributed by atoms with Crippen molar-refractivity contribution in [3.8, 4) is 6.07 Å². The molecule has 4 heteroatoms. The minimum Gasteiger partial charge on any atom is -0.377 e. The van der Waals surface area contributed by atoms with Crippen LogP contribution in [0.1, 0.15) is 37.7 Å². The lowest BCUT2D eigenvalue weighted by Gasteiger charge is -2.29. The molecule has 1 aliphatic carbocycles. The fourth-order valence-corrected chi connectivity index (χ4v) is 3.03. The number of nitrogens with zero attached hydrogens (tertiary/aromatic N) is 2. The molecule has 0 heterocycles. The number of hydrogen-bond acceptors (Lipinski definition) is 3. The van der Waals surface area contributed by atoms with Gasteiger partial charge in [-0.05, 0) is 43.5 Å². The first-order valence-corrected chi connectivity index (χ1v) is 7.49. The molecule has 0 bridgehead atoms. The van der Waals surface area contributed by atoms with Gasteiger partial charge in [-0.15, -0.1) is 0 Å². The lowest BCUT2D eigenvalue weighted by atomic mass is 9.74. The average molecular weight is 285 g/mol. The molecule has 0 atom stereocenters. The molecule has 1 amide bonds. The van der Waals surface area contributed by atoms with Gasteiger partial charge in [-0.3, -0.25) is 4.79 Å². The van der Waals surface area contributed by atoms with Crippen LogP contribution >= 0.6 is 0 Å². The molecule has 0 spiro atoms. The molecule has 1 aliphatic rings. The van der Waals surface area contributed by atoms with Crippen LogP contribution in [0.15, 0.2) is 18.2 Å². The van der Waals surface area contributed by atoms with Crippen molar-refractivity contribution in [1.29, 1.82) is 5.26 Å². The Labute approximate surface area is 126 Å². The maximum Gasteiger partial charge on any atom is 0.244 e. The van der Waals surface area contributed by atoms with Gasteiger partial charge >= 0.3 is 0 Å². The van der Waals surface area contributed by atoms with E-state index in [1.165, 1.54) is 0 Å². The quantitative estimate of drug-likeness (QED) is 0.925. The van der Waals surface area contributed by atoms with Gasteiger partial charge in [-0.1, -0.05) is 19.3 Å². The highest BCUT2D eigenvalue weighted by molar-refractivity contribution is 5.97. The highest BCUT2D eigenvalue weighted by Crippen LogP contribution is 2.37. The van der Waals surface area contributed by atoms with E-state index in [2.05, 4.69) is 11.4 Å². The Hall–Kier alpha value is -2.02. The Morgan fingerprint density at radius 3 is 2.48 bits per heavy atom. The van der Waals surface area contributed by atoms with Crippen molar-refractivity contribution in [3.05, 3.63) is 23.8 Å². The van der Waals surface area contributed by atoms with Crippen LogP contribution in [0, 0.1) is 23.7 Å². The SMILES string of the molecule is Cc1cc(NC(=O)C2(C#N)CCCCC2)ccc1N(C)C. The van der Waals surface area contributed by atoms with Crippen LogP contribution in [0.25, 0.3) is 0 Å². The molecule has 1 aromatic carbocycles. The molecular weight excluding hydrogens is 262 g/mol. The lowest BCUT2D eigenvalue weighted by Crippen LogP contribution is -2.36. The Morgan fingerprint density at radius 1 is 1.29 bits per heavy atom. The number of amides is 1. The van der Waals surface area contributed by atoms with E-state index in [-0.39, 0.29) is 5.91 Å². The van der Waals surface area contributed by atoms with Gasteiger partial charge in [0.1, 0.15) is 5.41 Å². The molecular formula is C17H23N3O. The predicted molar refractivity (Wildman–Crippen MR) is 85.3 cm³/mol. The van der Waals surface area contributed by atoms with Gasteiger partial charge in [-0.25, -0.2) is 0 Å². The number of carbonyl (C=O) groups excluding carboxylic acids is 1. The fraction of sp³-hybridized carbons (Fsp3) is 0.529. The third kappa shape index (κ3) is 3.18. The van der Waals surface area contributed by atoms with Crippen LogP contribution in [0.3, 0.4) is 0 Å². The van der Waals surface area contributed by atoms with E-state index >= 15 is 0 Å². The zero-order valence-corrected chi connectivity index (χ0v) is 13.1. The average Bonchev–Trinajstić information content (AvgIpc) is 2.47. The van der Waals surface area contributed by atoms with Gasteiger partial charge in [0, 0.05) is 25.5 Å². The van der Waals surface area contributed by atoms with Gasteiger partial charge in [0.05, 0.1) is 6.07 Å². The van der Waals surface area contributed by atoms with Gasteiger partial charge < -0.3 is 10.2 Å². The Balaban J connectivity index is 2.16. The summed E-state index contributed by atoms with van der Waals surface area (Å²) in [5.74, 6) is -0.151. The van der Waals surface area contributed by atoms with Gasteiger partial charge in [0.2, 0.25) is 5.91 Å². The number of carbonyl (C=O) groups is 1. The third-order valence-electron chi connectivity index (χ3n) is 4.29. The molecule has 1 fully saturated rings. The molecule has 0 radical (unpaired) electrons. The molecule has 4 nitrogen and oxygen atoms in total. The molecule has 1 N–H and O–H groups in total. The number of anilines is 2. The topological polar surface area (TPSA) is 56.1 Å². The standard InChI is InChI=1S/C17H23N3O/c1-13-11-14(7-8-15(13)20(2)3)19-16(21)17(12-18)9-5-4-6-10-17/h7-8,11H,4-6,9-10H2,1-3H3,(H,19,21). The van der Waals surface area contributed by atoms with E-state index in [1.54, 1.807) is 0 Å². The molecule has 112 valence electrons. The smallest absolute Gasteiger partial charge is 0.244 e. The normalized spacial score (nSPS) is 16.9. The summed E-state index contributed by atoms with van der Waals surface area (Å²) in [6, 6.07) is 8.11. The molecule has 0 aromatic heterocycles. The number of nitrogens with one attached hydrogen (secondary N) is 1. The van der Waals surface area contributed by atoms with Crippen molar-refractivity contribution in [2.45, 2.75) is 39.0 Å².